The highest BCUT2D eigenvalue weighted by Gasteiger charge is 2.23. The molecule has 0 aliphatic rings. The van der Waals surface area contributed by atoms with Gasteiger partial charge in [-0.05, 0) is 33.9 Å². The molecule has 0 aromatic carbocycles. The monoisotopic (exact) mass is 312 g/mol. The van der Waals surface area contributed by atoms with Crippen molar-refractivity contribution in [3.63, 3.8) is 0 Å². The second-order valence-electron chi connectivity index (χ2n) is 5.58. The van der Waals surface area contributed by atoms with Crippen LogP contribution in [0.15, 0.2) is 0 Å². The van der Waals surface area contributed by atoms with Crippen molar-refractivity contribution in [1.29, 1.82) is 0 Å². The van der Waals surface area contributed by atoms with Crippen molar-refractivity contribution >= 4 is 26.6 Å². The van der Waals surface area contributed by atoms with E-state index in [9.17, 15) is 5.11 Å². The summed E-state index contributed by atoms with van der Waals surface area (Å²) in [5.74, 6) is -1.03. The number of hydrogen-bond donors (Lipinski definition) is 2. The lowest BCUT2D eigenvalue weighted by Crippen LogP contribution is -2.44. The average molecular weight is 313 g/mol. The van der Waals surface area contributed by atoms with Crippen molar-refractivity contribution in [3.05, 3.63) is 0 Å². The zero-order valence-electron chi connectivity index (χ0n) is 12.2. The van der Waals surface area contributed by atoms with Crippen molar-refractivity contribution in [2.45, 2.75) is 45.8 Å². The minimum absolute atomic E-state index is 0.386. The molecular formula is C10H28O5Si3. The Morgan fingerprint density at radius 1 is 1.28 bits per heavy atom. The molecule has 1 atom stereocenters. The lowest BCUT2D eigenvalue weighted by atomic mass is 10.4. The Bertz CT molecular complexity index is 218. The first kappa shape index (κ1) is 18.5. The second-order valence-corrected chi connectivity index (χ2v) is 18.6. The Morgan fingerprint density at radius 2 is 1.89 bits per heavy atom. The number of ether oxygens (including phenoxy) is 2. The Kier molecular flexibility index (Phi) is 8.80. The minimum atomic E-state index is -1.56. The molecule has 0 saturated carbocycles. The summed E-state index contributed by atoms with van der Waals surface area (Å²) in [5.41, 5.74) is 0. The largest absolute Gasteiger partial charge is 0.461 e. The molecule has 18 heavy (non-hydrogen) atoms. The SMILES string of the molecule is CC(O)COC[SiH2]O[Si](C)(C)[SiH2]COC(C)(C)O. The molecule has 0 rings (SSSR count). The molecule has 110 valence electrons. The molecule has 5 nitrogen and oxygen atoms in total. The third kappa shape index (κ3) is 12.9. The van der Waals surface area contributed by atoms with E-state index in [4.69, 9.17) is 18.7 Å². The molecule has 2 N–H and O–H groups in total. The highest BCUT2D eigenvalue weighted by atomic mass is 29.2. The van der Waals surface area contributed by atoms with E-state index in [0.717, 1.165) is 0 Å². The maximum Gasteiger partial charge on any atom is 0.172 e. The van der Waals surface area contributed by atoms with Crippen molar-refractivity contribution in [3.8, 4) is 0 Å². The van der Waals surface area contributed by atoms with Gasteiger partial charge in [-0.3, -0.25) is 0 Å². The fraction of sp³-hybridized carbons (Fsp3) is 1.00. The average Bonchev–Trinajstić information content (AvgIpc) is 2.13. The minimum Gasteiger partial charge on any atom is -0.461 e. The second kappa shape index (κ2) is 8.59. The van der Waals surface area contributed by atoms with Crippen LogP contribution in [0.4, 0.5) is 0 Å². The van der Waals surface area contributed by atoms with Gasteiger partial charge in [0.1, 0.15) is 0 Å². The van der Waals surface area contributed by atoms with Gasteiger partial charge in [0.05, 0.1) is 28.0 Å². The van der Waals surface area contributed by atoms with Crippen LogP contribution in [0.3, 0.4) is 0 Å². The molecular weight excluding hydrogens is 284 g/mol. The first-order valence-electron chi connectivity index (χ1n) is 6.38. The van der Waals surface area contributed by atoms with Crippen molar-refractivity contribution < 1.29 is 23.8 Å². The molecule has 0 amide bonds. The molecule has 0 heterocycles. The molecule has 0 aliphatic heterocycles. The summed E-state index contributed by atoms with van der Waals surface area (Å²) >= 11 is 0. The third-order valence-corrected chi connectivity index (χ3v) is 14.3. The van der Waals surface area contributed by atoms with Gasteiger partial charge in [-0.1, -0.05) is 0 Å². The van der Waals surface area contributed by atoms with E-state index >= 15 is 0 Å². The Balaban J connectivity index is 3.61. The molecule has 0 aromatic heterocycles. The van der Waals surface area contributed by atoms with E-state index < -0.39 is 38.5 Å². The van der Waals surface area contributed by atoms with Crippen LogP contribution in [-0.2, 0) is 13.6 Å². The number of hydrogen-bond acceptors (Lipinski definition) is 5. The lowest BCUT2D eigenvalue weighted by molar-refractivity contribution is -0.162. The van der Waals surface area contributed by atoms with Crippen LogP contribution in [0.25, 0.3) is 0 Å². The van der Waals surface area contributed by atoms with Gasteiger partial charge >= 0.3 is 0 Å². The summed E-state index contributed by atoms with van der Waals surface area (Å²) in [6, 6.07) is 0. The van der Waals surface area contributed by atoms with Gasteiger partial charge < -0.3 is 23.8 Å². The fourth-order valence-corrected chi connectivity index (χ4v) is 10.1. The normalized spacial score (nSPS) is 16.2. The summed E-state index contributed by atoms with van der Waals surface area (Å²) < 4.78 is 16.6. The fourth-order valence-electron chi connectivity index (χ4n) is 1.25. The highest BCUT2D eigenvalue weighted by molar-refractivity contribution is 7.21. The van der Waals surface area contributed by atoms with E-state index in [1.807, 2.05) is 0 Å². The standard InChI is InChI=1S/C10H28O5Si3/c1-9(11)6-13-7-16-15-18(4,5)17-8-14-10(2,3)12/h9,11-12H,6-8,16-17H2,1-5H3. The molecule has 0 radical (unpaired) electrons. The van der Waals surface area contributed by atoms with Gasteiger partial charge in [0, 0.05) is 6.23 Å². The molecule has 0 spiro atoms. The summed E-state index contributed by atoms with van der Waals surface area (Å²) in [7, 11) is -2.64. The molecule has 1 unspecified atom stereocenters. The highest BCUT2D eigenvalue weighted by Crippen LogP contribution is 2.06. The van der Waals surface area contributed by atoms with Gasteiger partial charge in [-0.25, -0.2) is 0 Å². The molecule has 0 saturated heterocycles. The van der Waals surface area contributed by atoms with Gasteiger partial charge in [0.15, 0.2) is 23.4 Å². The lowest BCUT2D eigenvalue weighted by Gasteiger charge is -2.25. The van der Waals surface area contributed by atoms with Crippen molar-refractivity contribution in [1.82, 2.24) is 0 Å². The molecule has 0 aliphatic carbocycles. The van der Waals surface area contributed by atoms with E-state index in [-0.39, 0.29) is 0 Å². The maximum atomic E-state index is 9.45. The summed E-state index contributed by atoms with van der Waals surface area (Å²) in [4.78, 5) is 0. The number of rotatable bonds is 10. The smallest absolute Gasteiger partial charge is 0.172 e. The van der Waals surface area contributed by atoms with Crippen molar-refractivity contribution in [2.24, 2.45) is 0 Å². The topological polar surface area (TPSA) is 68.2 Å². The Morgan fingerprint density at radius 3 is 2.39 bits per heavy atom. The number of aliphatic hydroxyl groups is 2. The van der Waals surface area contributed by atoms with Crippen LogP contribution < -0.4 is 0 Å². The summed E-state index contributed by atoms with van der Waals surface area (Å²) in [6.07, 6.45) is 0.909. The van der Waals surface area contributed by atoms with Crippen LogP contribution in [0.5, 0.6) is 0 Å². The van der Waals surface area contributed by atoms with Gasteiger partial charge in [-0.2, -0.15) is 0 Å². The van der Waals surface area contributed by atoms with Crippen LogP contribution in [-0.4, -0.2) is 67.8 Å². The van der Waals surface area contributed by atoms with Gasteiger partial charge in [0.25, 0.3) is 0 Å². The van der Waals surface area contributed by atoms with Crippen LogP contribution in [0.1, 0.15) is 20.8 Å². The molecule has 0 aromatic rings. The number of aliphatic hydroxyl groups excluding tert-OH is 1. The summed E-state index contributed by atoms with van der Waals surface area (Å²) in [6.45, 7) is 9.80. The summed E-state index contributed by atoms with van der Waals surface area (Å²) in [5, 5.41) is 18.5. The first-order valence-corrected chi connectivity index (χ1v) is 14.2. The van der Waals surface area contributed by atoms with E-state index in [0.29, 0.717) is 19.1 Å². The maximum absolute atomic E-state index is 9.45. The van der Waals surface area contributed by atoms with Crippen LogP contribution in [0, 0.1) is 0 Å². The predicted molar refractivity (Wildman–Crippen MR) is 80.4 cm³/mol. The first-order chi connectivity index (χ1) is 8.12. The zero-order chi connectivity index (χ0) is 14.2. The Hall–Kier alpha value is 0.451. The van der Waals surface area contributed by atoms with Gasteiger partial charge in [0.2, 0.25) is 0 Å². The van der Waals surface area contributed by atoms with Crippen molar-refractivity contribution in [2.75, 3.05) is 19.1 Å². The van der Waals surface area contributed by atoms with E-state index in [1.165, 1.54) is 0 Å². The van der Waals surface area contributed by atoms with Gasteiger partial charge in [-0.15, -0.1) is 0 Å². The van der Waals surface area contributed by atoms with E-state index in [1.54, 1.807) is 20.8 Å². The Labute approximate surface area is 116 Å². The van der Waals surface area contributed by atoms with Crippen LogP contribution >= 0.6 is 0 Å². The predicted octanol–water partition coefficient (Wildman–Crippen LogP) is -0.985. The van der Waals surface area contributed by atoms with E-state index in [2.05, 4.69) is 13.1 Å². The molecule has 0 bridgehead atoms. The van der Waals surface area contributed by atoms with Crippen LogP contribution in [0.2, 0.25) is 13.1 Å². The quantitative estimate of drug-likeness (QED) is 0.308. The molecule has 0 fully saturated rings. The third-order valence-electron chi connectivity index (χ3n) is 2.24. The zero-order valence-corrected chi connectivity index (χ0v) is 16.1. The molecule has 8 heteroatoms.